The van der Waals surface area contributed by atoms with E-state index in [1.807, 2.05) is 6.07 Å². The standard InChI is InChI=1S/C24H37N3O/c1-16(28)27-23(4,5)14-18(15-24(27,6)7)20-9-8-19(25)21(26-20)17-10-12-22(2,3)13-11-17/h8-10,18H,11-15,25H2,1-7H3. The van der Waals surface area contributed by atoms with Gasteiger partial charge in [0.25, 0.3) is 0 Å². The van der Waals surface area contributed by atoms with Crippen LogP contribution >= 0.6 is 0 Å². The van der Waals surface area contributed by atoms with Crippen LogP contribution in [0.4, 0.5) is 5.69 Å². The summed E-state index contributed by atoms with van der Waals surface area (Å²) in [7, 11) is 0. The number of hydrogen-bond acceptors (Lipinski definition) is 3. The maximum Gasteiger partial charge on any atom is 0.220 e. The molecule has 28 heavy (non-hydrogen) atoms. The van der Waals surface area contributed by atoms with Crippen LogP contribution in [-0.4, -0.2) is 26.9 Å². The number of piperidine rings is 1. The second kappa shape index (κ2) is 6.89. The first-order chi connectivity index (χ1) is 12.8. The van der Waals surface area contributed by atoms with Gasteiger partial charge >= 0.3 is 0 Å². The van der Waals surface area contributed by atoms with Gasteiger partial charge in [-0.15, -0.1) is 0 Å². The molecule has 1 amide bonds. The third-order valence-electron chi connectivity index (χ3n) is 6.66. The predicted molar refractivity (Wildman–Crippen MR) is 117 cm³/mol. The Bertz CT molecular complexity index is 786. The van der Waals surface area contributed by atoms with E-state index < -0.39 is 0 Å². The van der Waals surface area contributed by atoms with Crippen molar-refractivity contribution in [3.05, 3.63) is 29.6 Å². The van der Waals surface area contributed by atoms with Gasteiger partial charge in [-0.2, -0.15) is 0 Å². The van der Waals surface area contributed by atoms with Crippen molar-refractivity contribution in [3.63, 3.8) is 0 Å². The Morgan fingerprint density at radius 1 is 1.11 bits per heavy atom. The zero-order chi connectivity index (χ0) is 20.9. The van der Waals surface area contributed by atoms with Gasteiger partial charge in [0.05, 0.1) is 11.4 Å². The van der Waals surface area contributed by atoms with Crippen molar-refractivity contribution in [1.82, 2.24) is 9.88 Å². The minimum absolute atomic E-state index is 0.148. The lowest BCUT2D eigenvalue weighted by atomic mass is 9.72. The van der Waals surface area contributed by atoms with Crippen molar-refractivity contribution in [3.8, 4) is 0 Å². The molecule has 2 heterocycles. The average molecular weight is 384 g/mol. The van der Waals surface area contributed by atoms with Crippen LogP contribution in [0.5, 0.6) is 0 Å². The van der Waals surface area contributed by atoms with Crippen LogP contribution in [0.25, 0.3) is 5.57 Å². The number of pyridine rings is 1. The SMILES string of the molecule is CC(=O)N1C(C)(C)CC(c2ccc(N)c(C3=CCC(C)(C)CC3)n2)CC1(C)C. The van der Waals surface area contributed by atoms with E-state index in [2.05, 4.69) is 58.6 Å². The van der Waals surface area contributed by atoms with Crippen molar-refractivity contribution in [2.75, 3.05) is 5.73 Å². The molecular weight excluding hydrogens is 346 g/mol. The molecule has 4 heteroatoms. The minimum atomic E-state index is -0.199. The normalized spacial score (nSPS) is 24.0. The van der Waals surface area contributed by atoms with E-state index in [0.29, 0.717) is 11.3 Å². The van der Waals surface area contributed by atoms with Gasteiger partial charge < -0.3 is 10.6 Å². The molecule has 0 bridgehead atoms. The van der Waals surface area contributed by atoms with Gasteiger partial charge in [-0.1, -0.05) is 19.9 Å². The second-order valence-electron chi connectivity index (χ2n) is 10.9. The molecule has 1 aromatic heterocycles. The molecule has 0 radical (unpaired) electrons. The molecule has 1 fully saturated rings. The molecule has 1 aliphatic heterocycles. The molecule has 2 N–H and O–H groups in total. The fourth-order valence-corrected chi connectivity index (χ4v) is 5.60. The summed E-state index contributed by atoms with van der Waals surface area (Å²) in [5.74, 6) is 0.468. The Labute approximate surface area is 170 Å². The quantitative estimate of drug-likeness (QED) is 0.729. The van der Waals surface area contributed by atoms with Gasteiger partial charge in [-0.05, 0) is 82.9 Å². The Morgan fingerprint density at radius 2 is 1.71 bits per heavy atom. The molecule has 0 saturated carbocycles. The average Bonchev–Trinajstić information content (AvgIpc) is 2.52. The smallest absolute Gasteiger partial charge is 0.220 e. The highest BCUT2D eigenvalue weighted by Crippen LogP contribution is 2.46. The number of carbonyl (C=O) groups is 1. The van der Waals surface area contributed by atoms with Crippen LogP contribution in [0, 0.1) is 5.41 Å². The van der Waals surface area contributed by atoms with Gasteiger partial charge in [0.1, 0.15) is 0 Å². The number of amides is 1. The number of carbonyl (C=O) groups excluding carboxylic acids is 1. The lowest BCUT2D eigenvalue weighted by Gasteiger charge is -2.55. The molecule has 2 aliphatic rings. The fourth-order valence-electron chi connectivity index (χ4n) is 5.60. The summed E-state index contributed by atoms with van der Waals surface area (Å²) in [4.78, 5) is 19.4. The number of anilines is 1. The number of aromatic nitrogens is 1. The lowest BCUT2D eigenvalue weighted by Crippen LogP contribution is -2.61. The Morgan fingerprint density at radius 3 is 2.21 bits per heavy atom. The Balaban J connectivity index is 1.93. The zero-order valence-electron chi connectivity index (χ0n) is 18.7. The molecule has 3 rings (SSSR count). The zero-order valence-corrected chi connectivity index (χ0v) is 18.7. The fraction of sp³-hybridized carbons (Fsp3) is 0.667. The van der Waals surface area contributed by atoms with Gasteiger partial charge in [0.15, 0.2) is 0 Å². The van der Waals surface area contributed by atoms with Crippen LogP contribution in [0.3, 0.4) is 0 Å². The molecule has 4 nitrogen and oxygen atoms in total. The molecule has 154 valence electrons. The number of rotatable bonds is 2. The van der Waals surface area contributed by atoms with Gasteiger partial charge in [-0.3, -0.25) is 9.78 Å². The highest BCUT2D eigenvalue weighted by Gasteiger charge is 2.47. The van der Waals surface area contributed by atoms with E-state index in [1.165, 1.54) is 12.0 Å². The van der Waals surface area contributed by atoms with E-state index in [1.54, 1.807) is 6.92 Å². The van der Waals surface area contributed by atoms with Gasteiger partial charge in [0.2, 0.25) is 5.91 Å². The monoisotopic (exact) mass is 383 g/mol. The Kier molecular flexibility index (Phi) is 5.14. The first-order valence-corrected chi connectivity index (χ1v) is 10.6. The minimum Gasteiger partial charge on any atom is -0.397 e. The topological polar surface area (TPSA) is 59.2 Å². The number of allylic oxidation sites excluding steroid dienone is 2. The van der Waals surface area contributed by atoms with Crippen LogP contribution in [0.2, 0.25) is 0 Å². The van der Waals surface area contributed by atoms with Crippen molar-refractivity contribution in [1.29, 1.82) is 0 Å². The molecule has 0 unspecified atom stereocenters. The maximum absolute atomic E-state index is 12.3. The highest BCUT2D eigenvalue weighted by molar-refractivity contribution is 5.75. The molecule has 1 aliphatic carbocycles. The summed E-state index contributed by atoms with van der Waals surface area (Å²) >= 11 is 0. The molecule has 0 spiro atoms. The van der Waals surface area contributed by atoms with Crippen molar-refractivity contribution in [2.45, 2.75) is 97.6 Å². The number of likely N-dealkylation sites (tertiary alicyclic amines) is 1. The first kappa shape index (κ1) is 20.9. The predicted octanol–water partition coefficient (Wildman–Crippen LogP) is 5.54. The number of nitrogens with two attached hydrogens (primary N) is 1. The van der Waals surface area contributed by atoms with E-state index in [-0.39, 0.29) is 17.0 Å². The lowest BCUT2D eigenvalue weighted by molar-refractivity contribution is -0.147. The summed E-state index contributed by atoms with van der Waals surface area (Å²) < 4.78 is 0. The number of hydrogen-bond donors (Lipinski definition) is 1. The highest BCUT2D eigenvalue weighted by atomic mass is 16.2. The summed E-state index contributed by atoms with van der Waals surface area (Å²) in [5.41, 5.74) is 10.4. The third kappa shape index (κ3) is 3.97. The van der Waals surface area contributed by atoms with Crippen LogP contribution in [0.15, 0.2) is 18.2 Å². The summed E-state index contributed by atoms with van der Waals surface area (Å²) in [5, 5.41) is 0. The van der Waals surface area contributed by atoms with Crippen LogP contribution in [0.1, 0.15) is 97.9 Å². The molecule has 1 saturated heterocycles. The van der Waals surface area contributed by atoms with Gasteiger partial charge in [0, 0.05) is 29.6 Å². The van der Waals surface area contributed by atoms with E-state index in [0.717, 1.165) is 42.8 Å². The van der Waals surface area contributed by atoms with E-state index in [4.69, 9.17) is 10.7 Å². The summed E-state index contributed by atoms with van der Waals surface area (Å²) in [6.45, 7) is 15.0. The third-order valence-corrected chi connectivity index (χ3v) is 6.66. The van der Waals surface area contributed by atoms with Crippen molar-refractivity contribution < 1.29 is 4.79 Å². The summed E-state index contributed by atoms with van der Waals surface area (Å²) in [6, 6.07) is 4.11. The number of nitrogen functional groups attached to an aromatic ring is 1. The van der Waals surface area contributed by atoms with E-state index in [9.17, 15) is 4.79 Å². The van der Waals surface area contributed by atoms with Gasteiger partial charge in [-0.25, -0.2) is 0 Å². The van der Waals surface area contributed by atoms with Crippen LogP contribution < -0.4 is 5.73 Å². The molecule has 1 aromatic rings. The first-order valence-electron chi connectivity index (χ1n) is 10.6. The molecular formula is C24H37N3O. The Hall–Kier alpha value is -1.84. The van der Waals surface area contributed by atoms with Crippen molar-refractivity contribution in [2.24, 2.45) is 5.41 Å². The van der Waals surface area contributed by atoms with E-state index >= 15 is 0 Å². The molecule has 0 atom stereocenters. The second-order valence-corrected chi connectivity index (χ2v) is 10.9. The number of nitrogens with zero attached hydrogens (tertiary/aromatic N) is 2. The maximum atomic E-state index is 12.3. The summed E-state index contributed by atoms with van der Waals surface area (Å²) in [6.07, 6.45) is 7.44. The largest absolute Gasteiger partial charge is 0.397 e. The molecule has 0 aromatic carbocycles. The van der Waals surface area contributed by atoms with Crippen LogP contribution in [-0.2, 0) is 4.79 Å². The van der Waals surface area contributed by atoms with Crippen molar-refractivity contribution >= 4 is 17.2 Å².